The molecule has 0 fully saturated rings. The van der Waals surface area contributed by atoms with Crippen LogP contribution in [0, 0.1) is 19.7 Å². The van der Waals surface area contributed by atoms with E-state index < -0.39 is 0 Å². The molecule has 0 aromatic heterocycles. The summed E-state index contributed by atoms with van der Waals surface area (Å²) >= 11 is 3.34. The second-order valence-electron chi connectivity index (χ2n) is 4.59. The molecule has 2 rings (SSSR count). The third kappa shape index (κ3) is 2.75. The lowest BCUT2D eigenvalue weighted by Crippen LogP contribution is -2.08. The molecule has 0 N–H and O–H groups in total. The fraction of sp³-hybridized carbons (Fsp3) is 0.188. The number of ketones is 1. The molecular formula is C16H14BrFO2. The van der Waals surface area contributed by atoms with E-state index in [9.17, 15) is 9.18 Å². The fourth-order valence-electron chi connectivity index (χ4n) is 2.26. The molecule has 0 unspecified atom stereocenters. The van der Waals surface area contributed by atoms with Gasteiger partial charge in [0.15, 0.2) is 5.78 Å². The molecular weight excluding hydrogens is 323 g/mol. The van der Waals surface area contributed by atoms with Crippen LogP contribution < -0.4 is 4.74 Å². The van der Waals surface area contributed by atoms with Gasteiger partial charge in [0.2, 0.25) is 0 Å². The molecule has 0 aliphatic heterocycles. The van der Waals surface area contributed by atoms with E-state index in [-0.39, 0.29) is 11.6 Å². The first kappa shape index (κ1) is 14.7. The lowest BCUT2D eigenvalue weighted by atomic mass is 9.94. The van der Waals surface area contributed by atoms with Gasteiger partial charge in [-0.2, -0.15) is 0 Å². The van der Waals surface area contributed by atoms with Gasteiger partial charge in [0, 0.05) is 10.0 Å². The first-order chi connectivity index (χ1) is 9.43. The van der Waals surface area contributed by atoms with Gasteiger partial charge in [-0.1, -0.05) is 15.9 Å². The number of aryl methyl sites for hydroxylation is 2. The van der Waals surface area contributed by atoms with Gasteiger partial charge in [-0.05, 0) is 55.3 Å². The van der Waals surface area contributed by atoms with E-state index in [2.05, 4.69) is 15.9 Å². The van der Waals surface area contributed by atoms with Crippen LogP contribution in [0.2, 0.25) is 0 Å². The first-order valence-corrected chi connectivity index (χ1v) is 6.88. The van der Waals surface area contributed by atoms with Crippen LogP contribution in [0.3, 0.4) is 0 Å². The van der Waals surface area contributed by atoms with Gasteiger partial charge in [-0.3, -0.25) is 4.79 Å². The minimum Gasteiger partial charge on any atom is -0.496 e. The van der Waals surface area contributed by atoms with Gasteiger partial charge in [-0.25, -0.2) is 4.39 Å². The van der Waals surface area contributed by atoms with Crippen molar-refractivity contribution in [1.29, 1.82) is 0 Å². The van der Waals surface area contributed by atoms with Crippen LogP contribution in [-0.4, -0.2) is 12.9 Å². The molecule has 0 amide bonds. The van der Waals surface area contributed by atoms with E-state index in [1.807, 2.05) is 0 Å². The highest BCUT2D eigenvalue weighted by molar-refractivity contribution is 9.10. The van der Waals surface area contributed by atoms with Gasteiger partial charge in [0.05, 0.1) is 12.7 Å². The van der Waals surface area contributed by atoms with E-state index in [1.54, 1.807) is 32.0 Å². The van der Waals surface area contributed by atoms with E-state index >= 15 is 0 Å². The predicted octanol–water partition coefficient (Wildman–Crippen LogP) is 4.44. The van der Waals surface area contributed by atoms with Crippen LogP contribution in [0.4, 0.5) is 4.39 Å². The van der Waals surface area contributed by atoms with Crippen molar-refractivity contribution in [3.8, 4) is 5.75 Å². The monoisotopic (exact) mass is 336 g/mol. The average molecular weight is 337 g/mol. The van der Waals surface area contributed by atoms with Gasteiger partial charge in [0.25, 0.3) is 0 Å². The summed E-state index contributed by atoms with van der Waals surface area (Å²) in [6, 6.07) is 7.95. The van der Waals surface area contributed by atoms with E-state index in [4.69, 9.17) is 4.74 Å². The molecule has 4 heteroatoms. The minimum atomic E-state index is -0.334. The summed E-state index contributed by atoms with van der Waals surface area (Å²) in [5.74, 6) is -0.00355. The molecule has 0 saturated carbocycles. The highest BCUT2D eigenvalue weighted by Gasteiger charge is 2.19. The maximum atomic E-state index is 13.3. The maximum Gasteiger partial charge on any atom is 0.197 e. The highest BCUT2D eigenvalue weighted by atomic mass is 79.9. The second kappa shape index (κ2) is 5.75. The SMILES string of the molecule is COc1cc(Br)ccc1C(=O)c1c(C)cc(F)cc1C. The van der Waals surface area contributed by atoms with Crippen molar-refractivity contribution in [2.75, 3.05) is 7.11 Å². The number of methoxy groups -OCH3 is 1. The quantitative estimate of drug-likeness (QED) is 0.774. The summed E-state index contributed by atoms with van der Waals surface area (Å²) in [7, 11) is 1.52. The molecule has 0 aliphatic carbocycles. The Morgan fingerprint density at radius 2 is 1.75 bits per heavy atom. The number of benzene rings is 2. The average Bonchev–Trinajstić information content (AvgIpc) is 2.37. The Hall–Kier alpha value is -1.68. The van der Waals surface area contributed by atoms with Crippen molar-refractivity contribution >= 4 is 21.7 Å². The lowest BCUT2D eigenvalue weighted by molar-refractivity contribution is 0.103. The van der Waals surface area contributed by atoms with E-state index in [0.29, 0.717) is 28.0 Å². The van der Waals surface area contributed by atoms with Crippen molar-refractivity contribution in [2.45, 2.75) is 13.8 Å². The molecule has 2 aromatic carbocycles. The van der Waals surface area contributed by atoms with Crippen LogP contribution in [0.1, 0.15) is 27.0 Å². The zero-order valence-corrected chi connectivity index (χ0v) is 13.0. The minimum absolute atomic E-state index is 0.163. The van der Waals surface area contributed by atoms with Crippen LogP contribution in [0.15, 0.2) is 34.8 Å². The summed E-state index contributed by atoms with van der Waals surface area (Å²) in [6.07, 6.45) is 0. The summed E-state index contributed by atoms with van der Waals surface area (Å²) in [6.45, 7) is 3.46. The number of rotatable bonds is 3. The van der Waals surface area contributed by atoms with Crippen molar-refractivity contribution < 1.29 is 13.9 Å². The summed E-state index contributed by atoms with van der Waals surface area (Å²) in [4.78, 5) is 12.7. The lowest BCUT2D eigenvalue weighted by Gasteiger charge is -2.12. The van der Waals surface area contributed by atoms with Gasteiger partial charge < -0.3 is 4.74 Å². The van der Waals surface area contributed by atoms with E-state index in [0.717, 1.165) is 4.47 Å². The Morgan fingerprint density at radius 1 is 1.15 bits per heavy atom. The van der Waals surface area contributed by atoms with Crippen LogP contribution in [0.25, 0.3) is 0 Å². The third-order valence-corrected chi connectivity index (χ3v) is 3.63. The first-order valence-electron chi connectivity index (χ1n) is 6.09. The molecule has 20 heavy (non-hydrogen) atoms. The van der Waals surface area contributed by atoms with Gasteiger partial charge in [-0.15, -0.1) is 0 Å². The van der Waals surface area contributed by atoms with Crippen molar-refractivity contribution in [1.82, 2.24) is 0 Å². The molecule has 0 saturated heterocycles. The second-order valence-corrected chi connectivity index (χ2v) is 5.50. The highest BCUT2D eigenvalue weighted by Crippen LogP contribution is 2.28. The Balaban J connectivity index is 2.58. The Morgan fingerprint density at radius 3 is 2.30 bits per heavy atom. The molecule has 2 nitrogen and oxygen atoms in total. The zero-order valence-electron chi connectivity index (χ0n) is 11.5. The van der Waals surface area contributed by atoms with Crippen molar-refractivity contribution in [3.05, 3.63) is 62.9 Å². The normalized spacial score (nSPS) is 10.4. The Labute approximate surface area is 125 Å². The van der Waals surface area contributed by atoms with Gasteiger partial charge >= 0.3 is 0 Å². The Bertz CT molecular complexity index is 657. The predicted molar refractivity (Wildman–Crippen MR) is 80.0 cm³/mol. The van der Waals surface area contributed by atoms with Crippen molar-refractivity contribution in [2.24, 2.45) is 0 Å². The standard InChI is InChI=1S/C16H14BrFO2/c1-9-6-12(18)7-10(2)15(9)16(19)13-5-4-11(17)8-14(13)20-3/h4-8H,1-3H3. The molecule has 0 bridgehead atoms. The number of carbonyl (C=O) groups is 1. The summed E-state index contributed by atoms with van der Waals surface area (Å²) < 4.78 is 19.4. The smallest absolute Gasteiger partial charge is 0.197 e. The van der Waals surface area contributed by atoms with Gasteiger partial charge in [0.1, 0.15) is 11.6 Å². The number of ether oxygens (including phenoxy) is 1. The molecule has 0 heterocycles. The van der Waals surface area contributed by atoms with Crippen LogP contribution in [-0.2, 0) is 0 Å². The molecule has 0 atom stereocenters. The summed E-state index contributed by atoms with van der Waals surface area (Å²) in [5.41, 5.74) is 2.23. The fourth-order valence-corrected chi connectivity index (χ4v) is 2.60. The van der Waals surface area contributed by atoms with E-state index in [1.165, 1.54) is 19.2 Å². The largest absolute Gasteiger partial charge is 0.496 e. The zero-order chi connectivity index (χ0) is 14.9. The number of halogens is 2. The van der Waals surface area contributed by atoms with Crippen LogP contribution >= 0.6 is 15.9 Å². The molecule has 0 aliphatic rings. The Kier molecular flexibility index (Phi) is 4.23. The molecule has 0 radical (unpaired) electrons. The third-order valence-electron chi connectivity index (χ3n) is 3.13. The number of carbonyl (C=O) groups excluding carboxylic acids is 1. The number of hydrogen-bond donors (Lipinski definition) is 0. The molecule has 2 aromatic rings. The molecule has 104 valence electrons. The van der Waals surface area contributed by atoms with Crippen molar-refractivity contribution in [3.63, 3.8) is 0 Å². The topological polar surface area (TPSA) is 26.3 Å². The molecule has 0 spiro atoms. The number of hydrogen-bond acceptors (Lipinski definition) is 2. The van der Waals surface area contributed by atoms with Crippen LogP contribution in [0.5, 0.6) is 5.75 Å². The maximum absolute atomic E-state index is 13.3. The summed E-state index contributed by atoms with van der Waals surface area (Å²) in [5, 5.41) is 0.